The van der Waals surface area contributed by atoms with Gasteiger partial charge in [0.25, 0.3) is 0 Å². The summed E-state index contributed by atoms with van der Waals surface area (Å²) in [5.74, 6) is 0. The van der Waals surface area contributed by atoms with Gasteiger partial charge in [0, 0.05) is 0 Å². The van der Waals surface area contributed by atoms with Crippen molar-refractivity contribution in [3.63, 3.8) is 0 Å². The summed E-state index contributed by atoms with van der Waals surface area (Å²) in [5.41, 5.74) is 1.17. The maximum atomic E-state index is 2.50. The van der Waals surface area contributed by atoms with E-state index in [9.17, 15) is 0 Å². The van der Waals surface area contributed by atoms with Crippen LogP contribution >= 0.6 is 15.8 Å². The van der Waals surface area contributed by atoms with Crippen molar-refractivity contribution >= 4 is 37.1 Å². The number of rotatable bonds is 8. The van der Waals surface area contributed by atoms with Crippen LogP contribution in [-0.4, -0.2) is 11.3 Å². The lowest BCUT2D eigenvalue weighted by Crippen LogP contribution is -2.41. The second-order valence-corrected chi connectivity index (χ2v) is 14.4. The molecule has 0 aliphatic carbocycles. The first-order valence-corrected chi connectivity index (χ1v) is 14.6. The van der Waals surface area contributed by atoms with Crippen LogP contribution in [0.15, 0.2) is 121 Å². The lowest BCUT2D eigenvalue weighted by Gasteiger charge is -2.45. The summed E-state index contributed by atoms with van der Waals surface area (Å²) in [5, 5.41) is 5.87. The van der Waals surface area contributed by atoms with E-state index in [4.69, 9.17) is 0 Å². The lowest BCUT2D eigenvalue weighted by atomic mass is 9.86. The van der Waals surface area contributed by atoms with Gasteiger partial charge in [-0.25, -0.2) is 0 Å². The summed E-state index contributed by atoms with van der Waals surface area (Å²) in [6, 6.07) is 44.7. The molecule has 4 aromatic rings. The van der Waals surface area contributed by atoms with Crippen molar-refractivity contribution < 1.29 is 0 Å². The zero-order valence-electron chi connectivity index (χ0n) is 20.1. The minimum Gasteiger partial charge on any atom is -0.0622 e. The quantitative estimate of drug-likeness (QED) is 0.243. The van der Waals surface area contributed by atoms with Crippen molar-refractivity contribution in [3.8, 4) is 0 Å². The Morgan fingerprint density at radius 2 is 0.636 bits per heavy atom. The number of benzene rings is 4. The van der Waals surface area contributed by atoms with Crippen molar-refractivity contribution in [1.29, 1.82) is 0 Å². The molecule has 0 spiro atoms. The Kier molecular flexibility index (Phi) is 7.80. The predicted molar refractivity (Wildman–Crippen MR) is 151 cm³/mol. The van der Waals surface area contributed by atoms with Gasteiger partial charge in [-0.05, 0) is 53.8 Å². The van der Waals surface area contributed by atoms with Crippen LogP contribution in [0.2, 0.25) is 0 Å². The van der Waals surface area contributed by atoms with Crippen LogP contribution in [0.4, 0.5) is 0 Å². The molecule has 0 amide bonds. The molecule has 0 aliphatic rings. The molecular formula is C31H34P2. The molecule has 2 unspecified atom stereocenters. The van der Waals surface area contributed by atoms with Gasteiger partial charge in [0.05, 0.1) is 0 Å². The highest BCUT2D eigenvalue weighted by Crippen LogP contribution is 2.56. The standard InChI is InChI=1S/C31H34P2/c1-25(32(27-17-9-5-10-18-27)28-19-11-6-12-20-28)31(3,4)26(2)33(29-21-13-7-14-22-29)30-23-15-8-16-24-30/h5-26H,1-4H3. The van der Waals surface area contributed by atoms with Gasteiger partial charge in [0.15, 0.2) is 0 Å². The molecular weight excluding hydrogens is 434 g/mol. The van der Waals surface area contributed by atoms with E-state index >= 15 is 0 Å². The highest BCUT2D eigenvalue weighted by atomic mass is 31.1. The van der Waals surface area contributed by atoms with E-state index in [-0.39, 0.29) is 5.41 Å². The van der Waals surface area contributed by atoms with Crippen molar-refractivity contribution in [2.45, 2.75) is 39.0 Å². The average Bonchev–Trinajstić information content (AvgIpc) is 2.87. The summed E-state index contributed by atoms with van der Waals surface area (Å²) in [7, 11) is -0.970. The molecule has 2 heteroatoms. The zero-order valence-corrected chi connectivity index (χ0v) is 21.9. The Labute approximate surface area is 202 Å². The van der Waals surface area contributed by atoms with Gasteiger partial charge in [-0.2, -0.15) is 0 Å². The van der Waals surface area contributed by atoms with E-state index in [2.05, 4.69) is 149 Å². The first kappa shape index (κ1) is 23.9. The smallest absolute Gasteiger partial charge is 0.00997 e. The molecule has 4 aromatic carbocycles. The maximum Gasteiger partial charge on any atom is -0.00997 e. The van der Waals surface area contributed by atoms with Gasteiger partial charge >= 0.3 is 0 Å². The Morgan fingerprint density at radius 3 is 0.848 bits per heavy atom. The van der Waals surface area contributed by atoms with Crippen LogP contribution in [0.25, 0.3) is 0 Å². The Balaban J connectivity index is 1.77. The van der Waals surface area contributed by atoms with Gasteiger partial charge < -0.3 is 0 Å². The third kappa shape index (κ3) is 5.30. The van der Waals surface area contributed by atoms with Gasteiger partial charge in [0.2, 0.25) is 0 Å². The van der Waals surface area contributed by atoms with E-state index in [0.717, 1.165) is 0 Å². The summed E-state index contributed by atoms with van der Waals surface area (Å²) < 4.78 is 0. The summed E-state index contributed by atoms with van der Waals surface area (Å²) in [4.78, 5) is 0. The highest BCUT2D eigenvalue weighted by molar-refractivity contribution is 7.74. The van der Waals surface area contributed by atoms with Gasteiger partial charge in [-0.15, -0.1) is 0 Å². The molecule has 168 valence electrons. The molecule has 2 atom stereocenters. The largest absolute Gasteiger partial charge is 0.0622 e. The first-order valence-electron chi connectivity index (χ1n) is 11.8. The molecule has 0 aromatic heterocycles. The monoisotopic (exact) mass is 468 g/mol. The molecule has 0 radical (unpaired) electrons. The number of hydrogen-bond donors (Lipinski definition) is 0. The van der Waals surface area contributed by atoms with Crippen LogP contribution in [0.5, 0.6) is 0 Å². The molecule has 0 heterocycles. The zero-order chi connectivity index (χ0) is 23.3. The maximum absolute atomic E-state index is 2.50. The molecule has 0 saturated heterocycles. The fraction of sp³-hybridized carbons (Fsp3) is 0.226. The molecule has 0 nitrogen and oxygen atoms in total. The number of hydrogen-bond acceptors (Lipinski definition) is 0. The third-order valence-corrected chi connectivity index (χ3v) is 13.4. The van der Waals surface area contributed by atoms with E-state index in [1.165, 1.54) is 21.2 Å². The van der Waals surface area contributed by atoms with E-state index in [1.54, 1.807) is 0 Å². The van der Waals surface area contributed by atoms with Crippen LogP contribution in [0, 0.1) is 5.41 Å². The predicted octanol–water partition coefficient (Wildman–Crippen LogP) is 7.06. The van der Waals surface area contributed by atoms with Crippen LogP contribution in [0.1, 0.15) is 27.7 Å². The fourth-order valence-corrected chi connectivity index (χ4v) is 10.8. The van der Waals surface area contributed by atoms with Crippen molar-refractivity contribution in [3.05, 3.63) is 121 Å². The Hall–Kier alpha value is -2.26. The average molecular weight is 469 g/mol. The molecule has 4 rings (SSSR count). The second-order valence-electron chi connectivity index (χ2n) is 9.26. The summed E-state index contributed by atoms with van der Waals surface area (Å²) in [6.07, 6.45) is 0. The SMILES string of the molecule is CC(P(c1ccccc1)c1ccccc1)C(C)(C)C(C)P(c1ccccc1)c1ccccc1. The normalized spacial score (nSPS) is 13.8. The topological polar surface area (TPSA) is 0 Å². The van der Waals surface area contributed by atoms with Crippen molar-refractivity contribution in [1.82, 2.24) is 0 Å². The van der Waals surface area contributed by atoms with Gasteiger partial charge in [-0.3, -0.25) is 0 Å². The van der Waals surface area contributed by atoms with Gasteiger partial charge in [-0.1, -0.05) is 149 Å². The minimum absolute atomic E-state index is 0.134. The molecule has 33 heavy (non-hydrogen) atoms. The van der Waals surface area contributed by atoms with Crippen molar-refractivity contribution in [2.75, 3.05) is 0 Å². The van der Waals surface area contributed by atoms with Crippen molar-refractivity contribution in [2.24, 2.45) is 5.41 Å². The Bertz CT molecular complexity index is 939. The highest BCUT2D eigenvalue weighted by Gasteiger charge is 2.41. The van der Waals surface area contributed by atoms with Crippen LogP contribution in [0.3, 0.4) is 0 Å². The Morgan fingerprint density at radius 1 is 0.424 bits per heavy atom. The first-order chi connectivity index (χ1) is 16.0. The fourth-order valence-electron chi connectivity index (χ4n) is 4.56. The third-order valence-electron chi connectivity index (χ3n) is 7.07. The second kappa shape index (κ2) is 10.8. The van der Waals surface area contributed by atoms with Crippen LogP contribution in [-0.2, 0) is 0 Å². The van der Waals surface area contributed by atoms with Gasteiger partial charge in [0.1, 0.15) is 0 Å². The van der Waals surface area contributed by atoms with E-state index in [0.29, 0.717) is 11.3 Å². The molecule has 0 fully saturated rings. The molecule has 0 aliphatic heterocycles. The molecule has 0 N–H and O–H groups in total. The molecule has 0 saturated carbocycles. The van der Waals surface area contributed by atoms with E-state index < -0.39 is 15.8 Å². The minimum atomic E-state index is -0.485. The van der Waals surface area contributed by atoms with E-state index in [1.807, 2.05) is 0 Å². The molecule has 0 bridgehead atoms. The summed E-state index contributed by atoms with van der Waals surface area (Å²) in [6.45, 7) is 9.99. The summed E-state index contributed by atoms with van der Waals surface area (Å²) >= 11 is 0. The van der Waals surface area contributed by atoms with Crippen LogP contribution < -0.4 is 21.2 Å². The lowest BCUT2D eigenvalue weighted by molar-refractivity contribution is 0.356.